The maximum atomic E-state index is 5.22. The van der Waals surface area contributed by atoms with Gasteiger partial charge in [0, 0.05) is 7.11 Å². The molecule has 0 spiro atoms. The molecule has 4 nitrogen and oxygen atoms in total. The number of rotatable bonds is 4. The van der Waals surface area contributed by atoms with E-state index in [2.05, 4.69) is 0 Å². The lowest BCUT2D eigenvalue weighted by atomic mass is 10.2. The molecule has 0 amide bonds. The second-order valence-corrected chi connectivity index (χ2v) is 2.22. The maximum absolute atomic E-state index is 5.22. The molecule has 4 heteroatoms. The van der Waals surface area contributed by atoms with Gasteiger partial charge in [0.05, 0.1) is 26.3 Å². The van der Waals surface area contributed by atoms with Gasteiger partial charge in [0.25, 0.3) is 0 Å². The molecule has 0 aromatic carbocycles. The van der Waals surface area contributed by atoms with Crippen molar-refractivity contribution in [2.75, 3.05) is 34.1 Å². The molecule has 60 valence electrons. The predicted molar refractivity (Wildman–Crippen MR) is 35.3 cm³/mol. The Morgan fingerprint density at radius 3 is 2.60 bits per heavy atom. The summed E-state index contributed by atoms with van der Waals surface area (Å²) < 4.78 is 9.95. The smallest absolute Gasteiger partial charge is 0.146 e. The monoisotopic (exact) mass is 147 g/mol. The predicted octanol–water partition coefficient (Wildman–Crippen LogP) is -0.147. The Morgan fingerprint density at radius 2 is 2.10 bits per heavy atom. The van der Waals surface area contributed by atoms with Gasteiger partial charge in [-0.05, 0) is 0 Å². The summed E-state index contributed by atoms with van der Waals surface area (Å²) in [7, 11) is 3.28. The Bertz CT molecular complexity index is 90.2. The Kier molecular flexibility index (Phi) is 3.08. The molecule has 10 heavy (non-hydrogen) atoms. The number of methoxy groups -OCH3 is 1. The van der Waals surface area contributed by atoms with Crippen LogP contribution in [0.15, 0.2) is 0 Å². The lowest BCUT2D eigenvalue weighted by Gasteiger charge is -2.36. The molecule has 0 saturated carbocycles. The second-order valence-electron chi connectivity index (χ2n) is 2.22. The third-order valence-corrected chi connectivity index (χ3v) is 1.49. The molecule has 0 atom stereocenters. The van der Waals surface area contributed by atoms with Crippen molar-refractivity contribution in [1.29, 1.82) is 0 Å². The highest BCUT2D eigenvalue weighted by atomic mass is 16.7. The molecule has 1 saturated heterocycles. The molecule has 0 aromatic heterocycles. The zero-order valence-electron chi connectivity index (χ0n) is 6.37. The molecule has 0 bridgehead atoms. The summed E-state index contributed by atoms with van der Waals surface area (Å²) in [4.78, 5) is 4.91. The molecule has 0 aliphatic carbocycles. The van der Waals surface area contributed by atoms with E-state index in [9.17, 15) is 0 Å². The third kappa shape index (κ3) is 1.91. The normalized spacial score (nSPS) is 21.0. The van der Waals surface area contributed by atoms with Crippen molar-refractivity contribution in [3.05, 3.63) is 0 Å². The highest BCUT2D eigenvalue weighted by Gasteiger charge is 2.27. The third-order valence-electron chi connectivity index (χ3n) is 1.49. The summed E-state index contributed by atoms with van der Waals surface area (Å²) in [5.41, 5.74) is 0. The first-order chi connectivity index (χ1) is 4.86. The average molecular weight is 147 g/mol. The largest absolute Gasteiger partial charge is 0.359 e. The maximum Gasteiger partial charge on any atom is 0.146 e. The van der Waals surface area contributed by atoms with Gasteiger partial charge in [-0.25, -0.2) is 0 Å². The van der Waals surface area contributed by atoms with Gasteiger partial charge >= 0.3 is 0 Å². The summed E-state index contributed by atoms with van der Waals surface area (Å²) in [5.74, 6) is 0. The van der Waals surface area contributed by atoms with Crippen molar-refractivity contribution in [1.82, 2.24) is 5.06 Å². The Hall–Kier alpha value is -0.160. The van der Waals surface area contributed by atoms with E-state index in [1.807, 2.05) is 5.06 Å². The van der Waals surface area contributed by atoms with Crippen LogP contribution in [-0.2, 0) is 14.3 Å². The van der Waals surface area contributed by atoms with Crippen LogP contribution in [0.2, 0.25) is 0 Å². The van der Waals surface area contributed by atoms with Crippen LogP contribution < -0.4 is 0 Å². The molecule has 1 aliphatic rings. The van der Waals surface area contributed by atoms with Crippen LogP contribution in [0.4, 0.5) is 0 Å². The van der Waals surface area contributed by atoms with Crippen molar-refractivity contribution >= 4 is 0 Å². The van der Waals surface area contributed by atoms with Gasteiger partial charge in [-0.2, -0.15) is 5.06 Å². The quantitative estimate of drug-likeness (QED) is 0.517. The fourth-order valence-corrected chi connectivity index (χ4v) is 0.820. The molecule has 0 aromatic rings. The first-order valence-electron chi connectivity index (χ1n) is 3.26. The lowest BCUT2D eigenvalue weighted by molar-refractivity contribution is -0.241. The molecule has 0 N–H and O–H groups in total. The van der Waals surface area contributed by atoms with E-state index in [1.165, 1.54) is 0 Å². The van der Waals surface area contributed by atoms with Crippen LogP contribution in [0.5, 0.6) is 0 Å². The lowest BCUT2D eigenvalue weighted by Crippen LogP contribution is -2.51. The summed E-state index contributed by atoms with van der Waals surface area (Å²) in [6, 6.07) is 0. The zero-order chi connectivity index (χ0) is 7.40. The van der Waals surface area contributed by atoms with Crippen LogP contribution in [0.3, 0.4) is 0 Å². The summed E-state index contributed by atoms with van der Waals surface area (Å²) in [6.45, 7) is 2.07. The fourth-order valence-electron chi connectivity index (χ4n) is 0.820. The minimum atomic E-state index is 0.292. The van der Waals surface area contributed by atoms with Gasteiger partial charge in [-0.15, -0.1) is 0 Å². The molecule has 1 fully saturated rings. The van der Waals surface area contributed by atoms with Crippen molar-refractivity contribution in [3.63, 3.8) is 0 Å². The summed E-state index contributed by atoms with van der Waals surface area (Å²) >= 11 is 0. The fraction of sp³-hybridized carbons (Fsp3) is 1.00. The van der Waals surface area contributed by atoms with E-state index in [1.54, 1.807) is 14.2 Å². The molecule has 1 aliphatic heterocycles. The van der Waals surface area contributed by atoms with E-state index in [0.717, 1.165) is 13.1 Å². The topological polar surface area (TPSA) is 30.9 Å². The van der Waals surface area contributed by atoms with Gasteiger partial charge in [-0.1, -0.05) is 0 Å². The van der Waals surface area contributed by atoms with E-state index in [4.69, 9.17) is 14.3 Å². The van der Waals surface area contributed by atoms with E-state index in [-0.39, 0.29) is 0 Å². The van der Waals surface area contributed by atoms with Gasteiger partial charge in [0.2, 0.25) is 0 Å². The van der Waals surface area contributed by atoms with Crippen molar-refractivity contribution < 1.29 is 14.3 Å². The highest BCUT2D eigenvalue weighted by Crippen LogP contribution is 2.10. The summed E-state index contributed by atoms with van der Waals surface area (Å²) in [5, 5.41) is 1.83. The van der Waals surface area contributed by atoms with Crippen LogP contribution in [-0.4, -0.2) is 45.3 Å². The molecular formula is C6H13NO3. The number of hydrogen-bond donors (Lipinski definition) is 0. The Morgan fingerprint density at radius 1 is 1.40 bits per heavy atom. The summed E-state index contributed by atoms with van der Waals surface area (Å²) in [6.07, 6.45) is 0.292. The molecular weight excluding hydrogens is 134 g/mol. The van der Waals surface area contributed by atoms with Crippen molar-refractivity contribution in [3.8, 4) is 0 Å². The second kappa shape index (κ2) is 3.88. The first-order valence-corrected chi connectivity index (χ1v) is 3.26. The molecule has 1 rings (SSSR count). The van der Waals surface area contributed by atoms with Crippen molar-refractivity contribution in [2.45, 2.75) is 6.10 Å². The molecule has 0 radical (unpaired) electrons. The van der Waals surface area contributed by atoms with Crippen LogP contribution >= 0.6 is 0 Å². The number of hydrogen-bond acceptors (Lipinski definition) is 4. The minimum Gasteiger partial charge on any atom is -0.359 e. The van der Waals surface area contributed by atoms with Gasteiger partial charge in [0.15, 0.2) is 0 Å². The Labute approximate surface area is 60.6 Å². The first kappa shape index (κ1) is 7.94. The molecule has 0 unspecified atom stereocenters. The number of ether oxygens (including phenoxy) is 2. The Balaban J connectivity index is 1.93. The average Bonchev–Trinajstić information content (AvgIpc) is 1.86. The van der Waals surface area contributed by atoms with Crippen molar-refractivity contribution in [2.24, 2.45) is 0 Å². The SMILES string of the molecule is COCOC1CN(OC)C1. The van der Waals surface area contributed by atoms with Gasteiger partial charge < -0.3 is 14.3 Å². The minimum absolute atomic E-state index is 0.292. The van der Waals surface area contributed by atoms with Crippen LogP contribution in [0, 0.1) is 0 Å². The van der Waals surface area contributed by atoms with E-state index >= 15 is 0 Å². The van der Waals surface area contributed by atoms with Gasteiger partial charge in [-0.3, -0.25) is 0 Å². The van der Waals surface area contributed by atoms with E-state index in [0.29, 0.717) is 12.9 Å². The number of nitrogens with zero attached hydrogens (tertiary/aromatic N) is 1. The highest BCUT2D eigenvalue weighted by molar-refractivity contribution is 4.73. The van der Waals surface area contributed by atoms with Crippen LogP contribution in [0.25, 0.3) is 0 Å². The van der Waals surface area contributed by atoms with Crippen LogP contribution in [0.1, 0.15) is 0 Å². The number of hydroxylamine groups is 2. The molecule has 1 heterocycles. The van der Waals surface area contributed by atoms with Gasteiger partial charge in [0.1, 0.15) is 6.79 Å². The van der Waals surface area contributed by atoms with E-state index < -0.39 is 0 Å². The standard InChI is InChI=1S/C6H13NO3/c1-8-5-10-6-3-7(4-6)9-2/h6H,3-5H2,1-2H3. The zero-order valence-corrected chi connectivity index (χ0v) is 6.37.